The first-order valence-electron chi connectivity index (χ1n) is 6.47. The van der Waals surface area contributed by atoms with Gasteiger partial charge in [0.25, 0.3) is 5.91 Å². The van der Waals surface area contributed by atoms with Crippen molar-refractivity contribution in [2.45, 2.75) is 31.8 Å². The number of aliphatic hydroxyl groups excluding tert-OH is 1. The zero-order valence-electron chi connectivity index (χ0n) is 10.5. The van der Waals surface area contributed by atoms with Gasteiger partial charge in [-0.3, -0.25) is 4.79 Å². The number of halogens is 2. The fourth-order valence-electron chi connectivity index (χ4n) is 2.42. The monoisotopic (exact) mass is 285 g/mol. The van der Waals surface area contributed by atoms with Gasteiger partial charge in [0.1, 0.15) is 5.82 Å². The molecule has 2 N–H and O–H groups in total. The van der Waals surface area contributed by atoms with E-state index in [4.69, 9.17) is 11.6 Å². The summed E-state index contributed by atoms with van der Waals surface area (Å²) in [5, 5.41) is 12.3. The molecule has 1 aliphatic rings. The highest BCUT2D eigenvalue weighted by atomic mass is 35.5. The van der Waals surface area contributed by atoms with Crippen molar-refractivity contribution in [1.29, 1.82) is 0 Å². The van der Waals surface area contributed by atoms with Gasteiger partial charge in [0.05, 0.1) is 11.1 Å². The van der Waals surface area contributed by atoms with E-state index < -0.39 is 5.82 Å². The summed E-state index contributed by atoms with van der Waals surface area (Å²) in [6, 6.07) is 3.91. The van der Waals surface area contributed by atoms with Crippen LogP contribution in [-0.4, -0.2) is 23.7 Å². The minimum Gasteiger partial charge on any atom is -0.393 e. The molecule has 1 aromatic carbocycles. The first kappa shape index (κ1) is 14.3. The molecule has 2 rings (SSSR count). The molecule has 0 spiro atoms. The summed E-state index contributed by atoms with van der Waals surface area (Å²) in [6.07, 6.45) is 3.32. The third-order valence-corrected chi connectivity index (χ3v) is 3.78. The second kappa shape index (κ2) is 6.35. The molecule has 3 nitrogen and oxygen atoms in total. The van der Waals surface area contributed by atoms with Gasteiger partial charge in [-0.25, -0.2) is 4.39 Å². The van der Waals surface area contributed by atoms with Crippen LogP contribution in [0.15, 0.2) is 18.2 Å². The molecular formula is C14H17ClFNO2. The van der Waals surface area contributed by atoms with Crippen LogP contribution >= 0.6 is 11.6 Å². The van der Waals surface area contributed by atoms with Gasteiger partial charge in [0.2, 0.25) is 0 Å². The van der Waals surface area contributed by atoms with Crippen molar-refractivity contribution in [3.05, 3.63) is 34.6 Å². The van der Waals surface area contributed by atoms with E-state index in [-0.39, 0.29) is 17.0 Å². The summed E-state index contributed by atoms with van der Waals surface area (Å²) in [7, 11) is 0. The average molecular weight is 286 g/mol. The molecular weight excluding hydrogens is 269 g/mol. The number of hydrogen-bond acceptors (Lipinski definition) is 2. The van der Waals surface area contributed by atoms with Gasteiger partial charge in [-0.1, -0.05) is 18.0 Å². The topological polar surface area (TPSA) is 49.3 Å². The Bertz CT molecular complexity index is 467. The summed E-state index contributed by atoms with van der Waals surface area (Å²) in [5.41, 5.74) is 0.350. The second-order valence-electron chi connectivity index (χ2n) is 5.03. The Kier molecular flexibility index (Phi) is 4.77. The van der Waals surface area contributed by atoms with E-state index >= 15 is 0 Å². The Morgan fingerprint density at radius 1 is 1.47 bits per heavy atom. The minimum atomic E-state index is -0.534. The molecule has 1 amide bonds. The lowest BCUT2D eigenvalue weighted by Gasteiger charge is -2.25. The summed E-state index contributed by atoms with van der Waals surface area (Å²) in [4.78, 5) is 11.9. The summed E-state index contributed by atoms with van der Waals surface area (Å²) < 4.78 is 13.0. The molecule has 2 atom stereocenters. The molecule has 1 saturated carbocycles. The van der Waals surface area contributed by atoms with Gasteiger partial charge in [-0.05, 0) is 43.4 Å². The molecule has 104 valence electrons. The highest BCUT2D eigenvalue weighted by molar-refractivity contribution is 6.31. The predicted octanol–water partition coefficient (Wildman–Crippen LogP) is 2.76. The normalized spacial score (nSPS) is 23.1. The fraction of sp³-hybridized carbons (Fsp3) is 0.500. The van der Waals surface area contributed by atoms with Crippen molar-refractivity contribution in [3.8, 4) is 0 Å². The number of carbonyl (C=O) groups excluding carboxylic acids is 1. The van der Waals surface area contributed by atoms with Crippen molar-refractivity contribution in [2.75, 3.05) is 6.54 Å². The number of hydrogen-bond donors (Lipinski definition) is 2. The maximum atomic E-state index is 13.0. The van der Waals surface area contributed by atoms with E-state index in [2.05, 4.69) is 5.32 Å². The van der Waals surface area contributed by atoms with Crippen LogP contribution in [0.3, 0.4) is 0 Å². The molecule has 0 heterocycles. The van der Waals surface area contributed by atoms with Gasteiger partial charge >= 0.3 is 0 Å². The number of aliphatic hydroxyl groups is 1. The van der Waals surface area contributed by atoms with Crippen molar-refractivity contribution >= 4 is 17.5 Å². The lowest BCUT2D eigenvalue weighted by molar-refractivity contribution is 0.0874. The molecule has 1 aliphatic carbocycles. The van der Waals surface area contributed by atoms with Crippen molar-refractivity contribution in [3.63, 3.8) is 0 Å². The quantitative estimate of drug-likeness (QED) is 0.897. The molecule has 0 aliphatic heterocycles. The van der Waals surface area contributed by atoms with Crippen LogP contribution in [-0.2, 0) is 0 Å². The Balaban J connectivity index is 1.88. The van der Waals surface area contributed by atoms with Crippen molar-refractivity contribution in [1.82, 2.24) is 5.32 Å². The fourth-order valence-corrected chi connectivity index (χ4v) is 2.61. The molecule has 5 heteroatoms. The smallest absolute Gasteiger partial charge is 0.251 e. The van der Waals surface area contributed by atoms with E-state index in [9.17, 15) is 14.3 Å². The first-order valence-corrected chi connectivity index (χ1v) is 6.85. The van der Waals surface area contributed by atoms with Crippen molar-refractivity contribution < 1.29 is 14.3 Å². The van der Waals surface area contributed by atoms with Gasteiger partial charge in [0.15, 0.2) is 0 Å². The van der Waals surface area contributed by atoms with Gasteiger partial charge in [-0.2, -0.15) is 0 Å². The number of nitrogens with one attached hydrogen (secondary N) is 1. The lowest BCUT2D eigenvalue weighted by atomic mass is 9.87. The van der Waals surface area contributed by atoms with Gasteiger partial charge in [0, 0.05) is 12.1 Å². The van der Waals surface area contributed by atoms with E-state index in [1.807, 2.05) is 0 Å². The van der Waals surface area contributed by atoms with Crippen molar-refractivity contribution in [2.24, 2.45) is 5.92 Å². The lowest BCUT2D eigenvalue weighted by Crippen LogP contribution is -2.32. The Hall–Kier alpha value is -1.13. The number of carbonyl (C=O) groups is 1. The molecule has 0 bridgehead atoms. The van der Waals surface area contributed by atoms with Crippen LogP contribution in [0.2, 0.25) is 5.02 Å². The number of benzene rings is 1. The highest BCUT2D eigenvalue weighted by Gasteiger charge is 2.20. The van der Waals surface area contributed by atoms with E-state index in [1.165, 1.54) is 18.2 Å². The highest BCUT2D eigenvalue weighted by Crippen LogP contribution is 2.23. The van der Waals surface area contributed by atoms with Crippen LogP contribution in [0.5, 0.6) is 0 Å². The predicted molar refractivity (Wildman–Crippen MR) is 71.7 cm³/mol. The molecule has 2 unspecified atom stereocenters. The maximum absolute atomic E-state index is 13.0. The van der Waals surface area contributed by atoms with E-state index in [1.54, 1.807) is 0 Å². The molecule has 1 aromatic rings. The standard InChI is InChI=1S/C14H17ClFNO2/c15-12-7-10(4-5-13(12)16)14(19)17-8-9-2-1-3-11(18)6-9/h4-5,7,9,11,18H,1-3,6,8H2,(H,17,19). The third kappa shape index (κ3) is 3.91. The van der Waals surface area contributed by atoms with Crippen LogP contribution in [0.1, 0.15) is 36.0 Å². The molecule has 0 radical (unpaired) electrons. The zero-order valence-corrected chi connectivity index (χ0v) is 11.3. The average Bonchev–Trinajstić information content (AvgIpc) is 2.39. The van der Waals surface area contributed by atoms with Gasteiger partial charge in [-0.15, -0.1) is 0 Å². The van der Waals surface area contributed by atoms with E-state index in [0.717, 1.165) is 25.7 Å². The van der Waals surface area contributed by atoms with Crippen LogP contribution in [0.4, 0.5) is 4.39 Å². The molecule has 1 fully saturated rings. The first-order chi connectivity index (χ1) is 9.06. The minimum absolute atomic E-state index is 0.0549. The zero-order chi connectivity index (χ0) is 13.8. The number of rotatable bonds is 3. The SMILES string of the molecule is O=C(NCC1CCCC(O)C1)c1ccc(F)c(Cl)c1. The third-order valence-electron chi connectivity index (χ3n) is 3.49. The Morgan fingerprint density at radius 2 is 2.26 bits per heavy atom. The summed E-state index contributed by atoms with van der Waals surface area (Å²) in [5.74, 6) is -0.487. The molecule has 0 saturated heterocycles. The molecule has 0 aromatic heterocycles. The largest absolute Gasteiger partial charge is 0.393 e. The number of amides is 1. The summed E-state index contributed by atoms with van der Waals surface area (Å²) in [6.45, 7) is 0.533. The second-order valence-corrected chi connectivity index (χ2v) is 5.43. The van der Waals surface area contributed by atoms with Crippen LogP contribution < -0.4 is 5.32 Å². The molecule has 19 heavy (non-hydrogen) atoms. The summed E-state index contributed by atoms with van der Waals surface area (Å²) >= 11 is 5.64. The Labute approximate surface area is 116 Å². The van der Waals surface area contributed by atoms with Gasteiger partial charge < -0.3 is 10.4 Å². The van der Waals surface area contributed by atoms with E-state index in [0.29, 0.717) is 18.0 Å². The van der Waals surface area contributed by atoms with Crippen LogP contribution in [0, 0.1) is 11.7 Å². The van der Waals surface area contributed by atoms with Crippen LogP contribution in [0.25, 0.3) is 0 Å². The maximum Gasteiger partial charge on any atom is 0.251 e. The Morgan fingerprint density at radius 3 is 2.95 bits per heavy atom.